The van der Waals surface area contributed by atoms with Gasteiger partial charge in [-0.3, -0.25) is 0 Å². The fraction of sp³-hybridized carbons (Fsp3) is 0.643. The molecule has 2 aliphatic rings. The molecule has 1 aromatic heterocycles. The zero-order valence-corrected chi connectivity index (χ0v) is 13.3. The van der Waals surface area contributed by atoms with Gasteiger partial charge in [-0.05, 0) is 54.2 Å². The summed E-state index contributed by atoms with van der Waals surface area (Å²) in [5.74, 6) is 1.04. The molecule has 0 radical (unpaired) electrons. The lowest BCUT2D eigenvalue weighted by molar-refractivity contribution is 0.173. The molecule has 1 N–H and O–H groups in total. The van der Waals surface area contributed by atoms with Gasteiger partial charge >= 0.3 is 0 Å². The van der Waals surface area contributed by atoms with Crippen molar-refractivity contribution >= 4 is 33.3 Å². The van der Waals surface area contributed by atoms with E-state index in [4.69, 9.17) is 11.6 Å². The molecule has 0 aliphatic carbocycles. The molecule has 104 valence electrons. The van der Waals surface area contributed by atoms with Crippen LogP contribution < -0.4 is 10.2 Å². The number of pyridine rings is 1. The lowest BCUT2D eigenvalue weighted by atomic mass is 9.74. The maximum absolute atomic E-state index is 5.98. The molecule has 3 nitrogen and oxygen atoms in total. The van der Waals surface area contributed by atoms with Gasteiger partial charge < -0.3 is 10.2 Å². The number of halogens is 2. The Bertz CT molecular complexity index is 454. The summed E-state index contributed by atoms with van der Waals surface area (Å²) in [4.78, 5) is 6.92. The van der Waals surface area contributed by atoms with E-state index in [9.17, 15) is 0 Å². The summed E-state index contributed by atoms with van der Waals surface area (Å²) in [5, 5.41) is 4.24. The molecule has 5 heteroatoms. The Morgan fingerprint density at radius 3 is 2.95 bits per heavy atom. The summed E-state index contributed by atoms with van der Waals surface area (Å²) in [7, 11) is 0. The maximum Gasteiger partial charge on any atom is 0.142 e. The van der Waals surface area contributed by atoms with E-state index >= 15 is 0 Å². The Kier molecular flexibility index (Phi) is 4.01. The molecule has 19 heavy (non-hydrogen) atoms. The van der Waals surface area contributed by atoms with E-state index in [1.54, 1.807) is 6.20 Å². The first-order chi connectivity index (χ1) is 9.19. The molecule has 0 saturated carbocycles. The standard InChI is InChI=1S/C14H19BrClN3/c15-12-7-11(16)8-18-13(12)19-6-2-4-14(10-19)3-1-5-17-9-14/h7-8,17H,1-6,9-10H2. The van der Waals surface area contributed by atoms with Crippen molar-refractivity contribution in [3.05, 3.63) is 21.8 Å². The second-order valence-corrected chi connectivity index (χ2v) is 7.06. The number of nitrogens with zero attached hydrogens (tertiary/aromatic N) is 2. The maximum atomic E-state index is 5.98. The normalized spacial score (nSPS) is 27.8. The Morgan fingerprint density at radius 1 is 1.37 bits per heavy atom. The van der Waals surface area contributed by atoms with Gasteiger partial charge in [0, 0.05) is 31.2 Å². The number of aromatic nitrogens is 1. The first-order valence-electron chi connectivity index (χ1n) is 6.95. The number of anilines is 1. The largest absolute Gasteiger partial charge is 0.355 e. The Labute approximate surface area is 127 Å². The summed E-state index contributed by atoms with van der Waals surface area (Å²) in [6.07, 6.45) is 6.95. The van der Waals surface area contributed by atoms with E-state index in [-0.39, 0.29) is 0 Å². The van der Waals surface area contributed by atoms with Gasteiger partial charge in [0.15, 0.2) is 0 Å². The third-order valence-electron chi connectivity index (χ3n) is 4.31. The topological polar surface area (TPSA) is 28.2 Å². The lowest BCUT2D eigenvalue weighted by Crippen LogP contribution is -2.51. The highest BCUT2D eigenvalue weighted by molar-refractivity contribution is 9.10. The van der Waals surface area contributed by atoms with Crippen LogP contribution in [0.25, 0.3) is 0 Å². The van der Waals surface area contributed by atoms with Crippen LogP contribution in [0.1, 0.15) is 25.7 Å². The molecular weight excluding hydrogens is 326 g/mol. The SMILES string of the molecule is Clc1cnc(N2CCCC3(CCCNC3)C2)c(Br)c1. The molecule has 3 rings (SSSR count). The van der Waals surface area contributed by atoms with Crippen molar-refractivity contribution in [1.82, 2.24) is 10.3 Å². The summed E-state index contributed by atoms with van der Waals surface area (Å²) in [6, 6.07) is 1.93. The van der Waals surface area contributed by atoms with Crippen LogP contribution in [0.4, 0.5) is 5.82 Å². The van der Waals surface area contributed by atoms with Crippen molar-refractivity contribution in [3.8, 4) is 0 Å². The predicted octanol–water partition coefficient (Wildman–Crippen LogP) is 3.47. The van der Waals surface area contributed by atoms with E-state index in [1.807, 2.05) is 6.07 Å². The van der Waals surface area contributed by atoms with Gasteiger partial charge in [0.05, 0.1) is 9.50 Å². The molecule has 1 unspecified atom stereocenters. The van der Waals surface area contributed by atoms with Crippen LogP contribution in [-0.2, 0) is 0 Å². The average Bonchev–Trinajstić information content (AvgIpc) is 2.39. The zero-order valence-electron chi connectivity index (χ0n) is 11.0. The molecule has 0 bridgehead atoms. The van der Waals surface area contributed by atoms with Crippen LogP contribution >= 0.6 is 27.5 Å². The molecule has 2 aliphatic heterocycles. The van der Waals surface area contributed by atoms with Gasteiger partial charge in [-0.2, -0.15) is 0 Å². The number of hydrogen-bond donors (Lipinski definition) is 1. The summed E-state index contributed by atoms with van der Waals surface area (Å²) < 4.78 is 1.00. The molecule has 2 fully saturated rings. The molecule has 1 aromatic rings. The van der Waals surface area contributed by atoms with Crippen LogP contribution in [0, 0.1) is 5.41 Å². The van der Waals surface area contributed by atoms with Crippen molar-refractivity contribution in [3.63, 3.8) is 0 Å². The fourth-order valence-electron chi connectivity index (χ4n) is 3.41. The summed E-state index contributed by atoms with van der Waals surface area (Å²) in [6.45, 7) is 4.52. The quantitative estimate of drug-likeness (QED) is 0.845. The van der Waals surface area contributed by atoms with Gasteiger partial charge in [0.25, 0.3) is 0 Å². The van der Waals surface area contributed by atoms with E-state index in [0.717, 1.165) is 29.9 Å². The van der Waals surface area contributed by atoms with Gasteiger partial charge in [-0.25, -0.2) is 4.98 Å². The molecule has 2 saturated heterocycles. The fourth-order valence-corrected chi connectivity index (χ4v) is 4.30. The van der Waals surface area contributed by atoms with Crippen molar-refractivity contribution in [2.24, 2.45) is 5.41 Å². The predicted molar refractivity (Wildman–Crippen MR) is 82.9 cm³/mol. The molecule has 1 atom stereocenters. The third-order valence-corrected chi connectivity index (χ3v) is 5.10. The number of nitrogens with one attached hydrogen (secondary N) is 1. The van der Waals surface area contributed by atoms with Crippen molar-refractivity contribution in [1.29, 1.82) is 0 Å². The van der Waals surface area contributed by atoms with Crippen LogP contribution in [0.5, 0.6) is 0 Å². The highest BCUT2D eigenvalue weighted by atomic mass is 79.9. The highest BCUT2D eigenvalue weighted by Gasteiger charge is 2.37. The minimum atomic E-state index is 0.442. The first kappa shape index (κ1) is 13.7. The van der Waals surface area contributed by atoms with Gasteiger partial charge in [0.1, 0.15) is 5.82 Å². The first-order valence-corrected chi connectivity index (χ1v) is 8.12. The van der Waals surface area contributed by atoms with Crippen molar-refractivity contribution in [2.75, 3.05) is 31.1 Å². The van der Waals surface area contributed by atoms with Crippen molar-refractivity contribution in [2.45, 2.75) is 25.7 Å². The second kappa shape index (κ2) is 5.58. The molecule has 0 aromatic carbocycles. The van der Waals surface area contributed by atoms with Gasteiger partial charge in [-0.1, -0.05) is 11.6 Å². The van der Waals surface area contributed by atoms with E-state index in [2.05, 4.69) is 31.1 Å². The Morgan fingerprint density at radius 2 is 2.21 bits per heavy atom. The lowest BCUT2D eigenvalue weighted by Gasteiger charge is -2.46. The molecule has 0 amide bonds. The molecular formula is C14H19BrClN3. The monoisotopic (exact) mass is 343 g/mol. The van der Waals surface area contributed by atoms with Crippen LogP contribution in [0.15, 0.2) is 16.7 Å². The Balaban J connectivity index is 1.81. The number of rotatable bonds is 1. The molecule has 3 heterocycles. The highest BCUT2D eigenvalue weighted by Crippen LogP contribution is 2.38. The van der Waals surface area contributed by atoms with Gasteiger partial charge in [-0.15, -0.1) is 0 Å². The van der Waals surface area contributed by atoms with E-state index in [0.29, 0.717) is 10.4 Å². The van der Waals surface area contributed by atoms with Crippen LogP contribution in [-0.4, -0.2) is 31.2 Å². The van der Waals surface area contributed by atoms with Crippen molar-refractivity contribution < 1.29 is 0 Å². The average molecular weight is 345 g/mol. The summed E-state index contributed by atoms with van der Waals surface area (Å²) in [5.41, 5.74) is 0.442. The van der Waals surface area contributed by atoms with Gasteiger partial charge in [0.2, 0.25) is 0 Å². The van der Waals surface area contributed by atoms with E-state index < -0.39 is 0 Å². The zero-order chi connectivity index (χ0) is 13.3. The Hall–Kier alpha value is -0.320. The smallest absolute Gasteiger partial charge is 0.142 e. The minimum Gasteiger partial charge on any atom is -0.355 e. The van der Waals surface area contributed by atoms with Crippen LogP contribution in [0.2, 0.25) is 5.02 Å². The number of hydrogen-bond acceptors (Lipinski definition) is 3. The second-order valence-electron chi connectivity index (χ2n) is 5.76. The van der Waals surface area contributed by atoms with Crippen LogP contribution in [0.3, 0.4) is 0 Å². The molecule has 1 spiro atoms. The minimum absolute atomic E-state index is 0.442. The number of piperidine rings is 2. The van der Waals surface area contributed by atoms with E-state index in [1.165, 1.54) is 32.2 Å². The third kappa shape index (κ3) is 2.91. The summed E-state index contributed by atoms with van der Waals surface area (Å²) >= 11 is 9.57.